The number of hydrogen-bond acceptors (Lipinski definition) is 4. The predicted molar refractivity (Wildman–Crippen MR) is 91.5 cm³/mol. The van der Waals surface area contributed by atoms with Crippen molar-refractivity contribution in [3.05, 3.63) is 45.5 Å². The summed E-state index contributed by atoms with van der Waals surface area (Å²) in [4.78, 5) is 11.5. The molecule has 0 atom stereocenters. The van der Waals surface area contributed by atoms with Gasteiger partial charge in [0.2, 0.25) is 0 Å². The van der Waals surface area contributed by atoms with Crippen LogP contribution in [0.5, 0.6) is 0 Å². The van der Waals surface area contributed by atoms with E-state index in [2.05, 4.69) is 43.3 Å². The lowest BCUT2D eigenvalue weighted by atomic mass is 9.97. The minimum Gasteiger partial charge on any atom is -0.340 e. The van der Waals surface area contributed by atoms with Gasteiger partial charge in [-0.15, -0.1) is 11.3 Å². The zero-order valence-electron chi connectivity index (χ0n) is 11.4. The summed E-state index contributed by atoms with van der Waals surface area (Å²) in [6.07, 6.45) is 6.56. The molecule has 3 aromatic rings. The molecule has 0 saturated carbocycles. The normalized spacial score (nSPS) is 14.1. The van der Waals surface area contributed by atoms with E-state index in [0.717, 1.165) is 27.2 Å². The second kappa shape index (κ2) is 5.39. The summed E-state index contributed by atoms with van der Waals surface area (Å²) >= 11 is 5.29. The van der Waals surface area contributed by atoms with Gasteiger partial charge in [0.05, 0.1) is 5.39 Å². The van der Waals surface area contributed by atoms with Gasteiger partial charge >= 0.3 is 0 Å². The number of nitrogens with zero attached hydrogens (tertiary/aromatic N) is 2. The molecule has 1 N–H and O–H groups in total. The van der Waals surface area contributed by atoms with Crippen LogP contribution in [0.15, 0.2) is 35.1 Å². The lowest BCUT2D eigenvalue weighted by Crippen LogP contribution is -2.00. The Balaban J connectivity index is 1.81. The zero-order valence-corrected chi connectivity index (χ0v) is 13.8. The van der Waals surface area contributed by atoms with E-state index in [4.69, 9.17) is 0 Å². The maximum atomic E-state index is 4.48. The standard InChI is InChI=1S/C16H14BrN3S/c17-10-5-7-11(8-6-10)20-15-14-12-3-1-2-4-13(12)21-16(14)19-9-18-15/h5-9H,1-4H2,(H,18,19,20). The van der Waals surface area contributed by atoms with E-state index in [1.54, 1.807) is 6.33 Å². The Morgan fingerprint density at radius 1 is 1.05 bits per heavy atom. The first-order valence-corrected chi connectivity index (χ1v) is 8.70. The van der Waals surface area contributed by atoms with Crippen LogP contribution in [0.25, 0.3) is 10.2 Å². The van der Waals surface area contributed by atoms with Crippen LogP contribution in [0.3, 0.4) is 0 Å². The van der Waals surface area contributed by atoms with Crippen LogP contribution in [-0.2, 0) is 12.8 Å². The fourth-order valence-corrected chi connectivity index (χ4v) is 4.35. The summed E-state index contributed by atoms with van der Waals surface area (Å²) in [5, 5.41) is 4.67. The van der Waals surface area contributed by atoms with Crippen molar-refractivity contribution in [2.45, 2.75) is 25.7 Å². The predicted octanol–water partition coefficient (Wildman–Crippen LogP) is 5.08. The number of thiophene rings is 1. The van der Waals surface area contributed by atoms with E-state index in [-0.39, 0.29) is 0 Å². The van der Waals surface area contributed by atoms with Crippen molar-refractivity contribution in [1.29, 1.82) is 0 Å². The summed E-state index contributed by atoms with van der Waals surface area (Å²) in [5.41, 5.74) is 2.51. The Hall–Kier alpha value is -1.46. The third-order valence-corrected chi connectivity index (χ3v) is 5.59. The fourth-order valence-electron chi connectivity index (χ4n) is 2.85. The molecule has 0 bridgehead atoms. The molecule has 4 rings (SSSR count). The molecule has 1 aliphatic carbocycles. The monoisotopic (exact) mass is 359 g/mol. The molecule has 106 valence electrons. The number of nitrogens with one attached hydrogen (secondary N) is 1. The Morgan fingerprint density at radius 3 is 2.71 bits per heavy atom. The van der Waals surface area contributed by atoms with Crippen molar-refractivity contribution in [3.8, 4) is 0 Å². The SMILES string of the molecule is Brc1ccc(Nc2ncnc3sc4c(c23)CCCC4)cc1. The van der Waals surface area contributed by atoms with Gasteiger partial charge in [0.15, 0.2) is 0 Å². The number of halogens is 1. The Kier molecular flexibility index (Phi) is 3.39. The van der Waals surface area contributed by atoms with Crippen molar-refractivity contribution in [1.82, 2.24) is 9.97 Å². The van der Waals surface area contributed by atoms with E-state index in [0.29, 0.717) is 0 Å². The molecule has 0 aliphatic heterocycles. The largest absolute Gasteiger partial charge is 0.340 e. The number of anilines is 2. The molecule has 1 aromatic carbocycles. The van der Waals surface area contributed by atoms with Gasteiger partial charge < -0.3 is 5.32 Å². The van der Waals surface area contributed by atoms with Gasteiger partial charge in [-0.1, -0.05) is 15.9 Å². The number of fused-ring (bicyclic) bond motifs is 3. The average molecular weight is 360 g/mol. The van der Waals surface area contributed by atoms with Crippen LogP contribution in [-0.4, -0.2) is 9.97 Å². The van der Waals surface area contributed by atoms with Crippen molar-refractivity contribution in [2.75, 3.05) is 5.32 Å². The number of hydrogen-bond donors (Lipinski definition) is 1. The highest BCUT2D eigenvalue weighted by Crippen LogP contribution is 2.38. The maximum Gasteiger partial charge on any atom is 0.142 e. The molecule has 0 saturated heterocycles. The topological polar surface area (TPSA) is 37.8 Å². The third kappa shape index (κ3) is 2.45. The van der Waals surface area contributed by atoms with Crippen LogP contribution in [0.4, 0.5) is 11.5 Å². The second-order valence-corrected chi connectivity index (χ2v) is 7.24. The summed E-state index contributed by atoms with van der Waals surface area (Å²) in [6, 6.07) is 8.17. The number of benzene rings is 1. The molecule has 3 nitrogen and oxygen atoms in total. The molecule has 5 heteroatoms. The molecule has 0 unspecified atom stereocenters. The van der Waals surface area contributed by atoms with Crippen molar-refractivity contribution in [3.63, 3.8) is 0 Å². The first-order chi connectivity index (χ1) is 10.3. The Bertz CT molecular complexity index is 795. The third-order valence-electron chi connectivity index (χ3n) is 3.86. The highest BCUT2D eigenvalue weighted by Gasteiger charge is 2.19. The smallest absolute Gasteiger partial charge is 0.142 e. The van der Waals surface area contributed by atoms with Crippen LogP contribution in [0, 0.1) is 0 Å². The van der Waals surface area contributed by atoms with Crippen LogP contribution in [0.1, 0.15) is 23.3 Å². The number of rotatable bonds is 2. The van der Waals surface area contributed by atoms with E-state index in [1.807, 2.05) is 23.5 Å². The summed E-state index contributed by atoms with van der Waals surface area (Å²) < 4.78 is 1.08. The highest BCUT2D eigenvalue weighted by molar-refractivity contribution is 9.10. The van der Waals surface area contributed by atoms with Gasteiger partial charge in [-0.3, -0.25) is 0 Å². The fraction of sp³-hybridized carbons (Fsp3) is 0.250. The van der Waals surface area contributed by atoms with E-state index in [9.17, 15) is 0 Å². The minimum atomic E-state index is 0.932. The van der Waals surface area contributed by atoms with Gasteiger partial charge in [-0.05, 0) is 55.5 Å². The van der Waals surface area contributed by atoms with Gasteiger partial charge in [-0.25, -0.2) is 9.97 Å². The highest BCUT2D eigenvalue weighted by atomic mass is 79.9. The molecule has 0 fully saturated rings. The number of aryl methyl sites for hydroxylation is 2. The molecule has 1 aliphatic rings. The summed E-state index contributed by atoms with van der Waals surface area (Å²) in [7, 11) is 0. The lowest BCUT2D eigenvalue weighted by Gasteiger charge is -2.12. The lowest BCUT2D eigenvalue weighted by molar-refractivity contribution is 0.700. The van der Waals surface area contributed by atoms with Crippen molar-refractivity contribution in [2.24, 2.45) is 0 Å². The molecule has 0 spiro atoms. The number of aromatic nitrogens is 2. The van der Waals surface area contributed by atoms with Gasteiger partial charge in [-0.2, -0.15) is 0 Å². The first-order valence-electron chi connectivity index (χ1n) is 7.09. The maximum absolute atomic E-state index is 4.48. The van der Waals surface area contributed by atoms with E-state index >= 15 is 0 Å². The molecule has 2 aromatic heterocycles. The summed E-state index contributed by atoms with van der Waals surface area (Å²) in [6.45, 7) is 0. The van der Waals surface area contributed by atoms with Crippen LogP contribution < -0.4 is 5.32 Å². The van der Waals surface area contributed by atoms with Crippen LogP contribution >= 0.6 is 27.3 Å². The quantitative estimate of drug-likeness (QED) is 0.693. The molecular formula is C16H14BrN3S. The van der Waals surface area contributed by atoms with E-state index < -0.39 is 0 Å². The van der Waals surface area contributed by atoms with Gasteiger partial charge in [0.1, 0.15) is 17.0 Å². The van der Waals surface area contributed by atoms with Gasteiger partial charge in [0.25, 0.3) is 0 Å². The summed E-state index contributed by atoms with van der Waals surface area (Å²) in [5.74, 6) is 0.932. The van der Waals surface area contributed by atoms with Crippen molar-refractivity contribution >= 4 is 49.0 Å². The average Bonchev–Trinajstić information content (AvgIpc) is 2.89. The molecular weight excluding hydrogens is 346 g/mol. The molecule has 0 radical (unpaired) electrons. The van der Waals surface area contributed by atoms with Crippen LogP contribution in [0.2, 0.25) is 0 Å². The second-order valence-electron chi connectivity index (χ2n) is 5.25. The van der Waals surface area contributed by atoms with Gasteiger partial charge in [0, 0.05) is 15.0 Å². The van der Waals surface area contributed by atoms with E-state index in [1.165, 1.54) is 35.1 Å². The zero-order chi connectivity index (χ0) is 14.2. The molecule has 21 heavy (non-hydrogen) atoms. The molecule has 0 amide bonds. The van der Waals surface area contributed by atoms with Crippen molar-refractivity contribution < 1.29 is 0 Å². The first kappa shape index (κ1) is 13.2. The Morgan fingerprint density at radius 2 is 1.86 bits per heavy atom. The molecule has 2 heterocycles. The minimum absolute atomic E-state index is 0.932. The Labute approximate surface area is 135 Å².